The van der Waals surface area contributed by atoms with E-state index in [0.29, 0.717) is 11.5 Å². The molecule has 0 aromatic heterocycles. The van der Waals surface area contributed by atoms with Crippen LogP contribution in [0.5, 0.6) is 0 Å². The predicted octanol–water partition coefficient (Wildman–Crippen LogP) is 1.96. The van der Waals surface area contributed by atoms with Gasteiger partial charge in [0.2, 0.25) is 0 Å². The summed E-state index contributed by atoms with van der Waals surface area (Å²) in [6.07, 6.45) is 5.23. The Morgan fingerprint density at radius 3 is 2.21 bits per heavy atom. The molecule has 1 aliphatic heterocycles. The van der Waals surface area contributed by atoms with Crippen LogP contribution in [0, 0.1) is 11.3 Å². The second-order valence-corrected chi connectivity index (χ2v) is 4.76. The van der Waals surface area contributed by atoms with E-state index in [4.69, 9.17) is 5.73 Å². The van der Waals surface area contributed by atoms with Crippen LogP contribution in [0.15, 0.2) is 0 Å². The first-order chi connectivity index (χ1) is 5.73. The van der Waals surface area contributed by atoms with Gasteiger partial charge in [0.05, 0.1) is 0 Å². The van der Waals surface area contributed by atoms with Crippen LogP contribution in [-0.4, -0.2) is 19.1 Å². The van der Waals surface area contributed by atoms with Gasteiger partial charge in [-0.05, 0) is 50.1 Å². The molecule has 2 nitrogen and oxygen atoms in total. The number of piperidine rings is 1. The molecule has 2 rings (SSSR count). The zero-order chi connectivity index (χ0) is 8.60. The zero-order valence-corrected chi connectivity index (χ0v) is 10.4. The number of nitrogens with one attached hydrogen (secondary N) is 1. The van der Waals surface area contributed by atoms with E-state index in [2.05, 4.69) is 12.2 Å². The van der Waals surface area contributed by atoms with Gasteiger partial charge in [-0.3, -0.25) is 0 Å². The predicted molar refractivity (Wildman–Crippen MR) is 65.4 cm³/mol. The van der Waals surface area contributed by atoms with E-state index in [1.807, 2.05) is 0 Å². The SMILES string of the molecule is C[C@@H]1C[C@H](N)C2(CCNCC2)C1.Cl.Cl. The molecule has 1 spiro atoms. The van der Waals surface area contributed by atoms with E-state index < -0.39 is 0 Å². The fourth-order valence-electron chi connectivity index (χ4n) is 3.11. The maximum atomic E-state index is 6.21. The third kappa shape index (κ3) is 2.54. The largest absolute Gasteiger partial charge is 0.327 e. The Hall–Kier alpha value is 0.500. The molecule has 14 heavy (non-hydrogen) atoms. The van der Waals surface area contributed by atoms with Crippen LogP contribution in [0.3, 0.4) is 0 Å². The molecule has 2 aliphatic rings. The van der Waals surface area contributed by atoms with Crippen molar-refractivity contribution in [3.8, 4) is 0 Å². The maximum Gasteiger partial charge on any atom is 0.00991 e. The minimum atomic E-state index is 0. The summed E-state index contributed by atoms with van der Waals surface area (Å²) >= 11 is 0. The van der Waals surface area contributed by atoms with Crippen LogP contribution < -0.4 is 11.1 Å². The fourth-order valence-corrected chi connectivity index (χ4v) is 3.11. The summed E-state index contributed by atoms with van der Waals surface area (Å²) in [6, 6.07) is 0.481. The van der Waals surface area contributed by atoms with Crippen molar-refractivity contribution in [2.24, 2.45) is 17.1 Å². The van der Waals surface area contributed by atoms with Gasteiger partial charge >= 0.3 is 0 Å². The van der Waals surface area contributed by atoms with Crippen LogP contribution in [0.1, 0.15) is 32.6 Å². The lowest BCUT2D eigenvalue weighted by Gasteiger charge is -2.37. The molecule has 1 saturated carbocycles. The molecule has 0 aromatic carbocycles. The van der Waals surface area contributed by atoms with E-state index in [9.17, 15) is 0 Å². The van der Waals surface area contributed by atoms with Crippen LogP contribution in [-0.2, 0) is 0 Å². The highest BCUT2D eigenvalue weighted by molar-refractivity contribution is 5.85. The Morgan fingerprint density at radius 2 is 1.79 bits per heavy atom. The number of hydrogen-bond acceptors (Lipinski definition) is 2. The van der Waals surface area contributed by atoms with Gasteiger partial charge in [-0.1, -0.05) is 6.92 Å². The normalized spacial score (nSPS) is 34.7. The molecule has 2 atom stereocenters. The van der Waals surface area contributed by atoms with Gasteiger partial charge in [0, 0.05) is 6.04 Å². The molecule has 0 bridgehead atoms. The Morgan fingerprint density at radius 1 is 1.21 bits per heavy atom. The molecule has 0 radical (unpaired) electrons. The van der Waals surface area contributed by atoms with E-state index in [-0.39, 0.29) is 24.8 Å². The molecular weight excluding hydrogens is 219 g/mol. The van der Waals surface area contributed by atoms with Crippen molar-refractivity contribution in [1.82, 2.24) is 5.32 Å². The third-order valence-electron chi connectivity index (χ3n) is 3.80. The first-order valence-corrected chi connectivity index (χ1v) is 5.19. The van der Waals surface area contributed by atoms with Gasteiger partial charge in [-0.15, -0.1) is 24.8 Å². The topological polar surface area (TPSA) is 38.0 Å². The molecule has 1 aliphatic carbocycles. The number of rotatable bonds is 0. The van der Waals surface area contributed by atoms with Gasteiger partial charge in [-0.25, -0.2) is 0 Å². The summed E-state index contributed by atoms with van der Waals surface area (Å²) in [6.45, 7) is 4.71. The Bertz CT molecular complexity index is 170. The highest BCUT2D eigenvalue weighted by Gasteiger charge is 2.44. The number of halogens is 2. The second kappa shape index (κ2) is 5.55. The van der Waals surface area contributed by atoms with Gasteiger partial charge in [0.15, 0.2) is 0 Å². The Kier molecular flexibility index (Phi) is 5.75. The summed E-state index contributed by atoms with van der Waals surface area (Å²) in [5.41, 5.74) is 6.73. The zero-order valence-electron chi connectivity index (χ0n) is 8.79. The van der Waals surface area contributed by atoms with Gasteiger partial charge in [-0.2, -0.15) is 0 Å². The molecule has 1 heterocycles. The summed E-state index contributed by atoms with van der Waals surface area (Å²) in [5.74, 6) is 0.859. The molecule has 0 amide bonds. The van der Waals surface area contributed by atoms with Crippen molar-refractivity contribution in [3.05, 3.63) is 0 Å². The second-order valence-electron chi connectivity index (χ2n) is 4.76. The monoisotopic (exact) mass is 240 g/mol. The summed E-state index contributed by atoms with van der Waals surface area (Å²) < 4.78 is 0. The molecule has 4 heteroatoms. The van der Waals surface area contributed by atoms with E-state index in [1.54, 1.807) is 0 Å². The first kappa shape index (κ1) is 14.5. The van der Waals surface area contributed by atoms with Gasteiger partial charge < -0.3 is 11.1 Å². The van der Waals surface area contributed by atoms with Crippen molar-refractivity contribution in [1.29, 1.82) is 0 Å². The lowest BCUT2D eigenvalue weighted by atomic mass is 9.74. The molecule has 0 unspecified atom stereocenters. The van der Waals surface area contributed by atoms with Crippen molar-refractivity contribution in [3.63, 3.8) is 0 Å². The van der Waals surface area contributed by atoms with Crippen LogP contribution in [0.2, 0.25) is 0 Å². The van der Waals surface area contributed by atoms with Crippen LogP contribution >= 0.6 is 24.8 Å². The molecule has 0 aromatic rings. The van der Waals surface area contributed by atoms with Gasteiger partial charge in [0.1, 0.15) is 0 Å². The van der Waals surface area contributed by atoms with Crippen molar-refractivity contribution in [2.75, 3.05) is 13.1 Å². The summed E-state index contributed by atoms with van der Waals surface area (Å²) in [4.78, 5) is 0. The average molecular weight is 241 g/mol. The minimum Gasteiger partial charge on any atom is -0.327 e. The smallest absolute Gasteiger partial charge is 0.00991 e. The lowest BCUT2D eigenvalue weighted by molar-refractivity contribution is 0.179. The van der Waals surface area contributed by atoms with Crippen molar-refractivity contribution >= 4 is 24.8 Å². The van der Waals surface area contributed by atoms with Crippen LogP contribution in [0.25, 0.3) is 0 Å². The average Bonchev–Trinajstić information content (AvgIpc) is 2.29. The van der Waals surface area contributed by atoms with Crippen LogP contribution in [0.4, 0.5) is 0 Å². The molecule has 2 fully saturated rings. The molecular formula is C10H22Cl2N2. The van der Waals surface area contributed by atoms with Gasteiger partial charge in [0.25, 0.3) is 0 Å². The molecule has 86 valence electrons. The third-order valence-corrected chi connectivity index (χ3v) is 3.80. The number of hydrogen-bond donors (Lipinski definition) is 2. The minimum absolute atomic E-state index is 0. The molecule has 1 saturated heterocycles. The molecule has 3 N–H and O–H groups in total. The van der Waals surface area contributed by atoms with E-state index >= 15 is 0 Å². The summed E-state index contributed by atoms with van der Waals surface area (Å²) in [5, 5.41) is 3.42. The standard InChI is InChI=1S/C10H20N2.2ClH/c1-8-6-9(11)10(7-8)2-4-12-5-3-10;;/h8-9,12H,2-7,11H2,1H3;2*1H/t8-,9+;;/m1../s1. The van der Waals surface area contributed by atoms with E-state index in [1.165, 1.54) is 38.8 Å². The lowest BCUT2D eigenvalue weighted by Crippen LogP contribution is -2.45. The number of nitrogens with two attached hydrogens (primary N) is 1. The first-order valence-electron chi connectivity index (χ1n) is 5.19. The quantitative estimate of drug-likeness (QED) is 0.680. The Balaban J connectivity index is 0.000000845. The van der Waals surface area contributed by atoms with Crippen molar-refractivity contribution in [2.45, 2.75) is 38.6 Å². The van der Waals surface area contributed by atoms with E-state index in [0.717, 1.165) is 5.92 Å². The highest BCUT2D eigenvalue weighted by atomic mass is 35.5. The Labute approximate surface area is 99.2 Å². The summed E-state index contributed by atoms with van der Waals surface area (Å²) in [7, 11) is 0. The maximum absolute atomic E-state index is 6.21. The fraction of sp³-hybridized carbons (Fsp3) is 1.00. The highest BCUT2D eigenvalue weighted by Crippen LogP contribution is 2.46. The van der Waals surface area contributed by atoms with Crippen molar-refractivity contribution < 1.29 is 0 Å².